The lowest BCUT2D eigenvalue weighted by Gasteiger charge is -2.21. The van der Waals surface area contributed by atoms with Crippen LogP contribution in [0.4, 0.5) is 0 Å². The largest absolute Gasteiger partial charge is 0.496 e. The highest BCUT2D eigenvalue weighted by molar-refractivity contribution is 9.09. The first-order valence-electron chi connectivity index (χ1n) is 4.91. The average Bonchev–Trinajstić information content (AvgIpc) is 2.27. The van der Waals surface area contributed by atoms with Crippen LogP contribution in [-0.4, -0.2) is 18.2 Å². The van der Waals surface area contributed by atoms with Crippen molar-refractivity contribution in [1.82, 2.24) is 0 Å². The van der Waals surface area contributed by atoms with Gasteiger partial charge in [-0.2, -0.15) is 0 Å². The number of alkyl halides is 1. The lowest BCUT2D eigenvalue weighted by molar-refractivity contribution is 0.404. The highest BCUT2D eigenvalue weighted by Gasteiger charge is 2.17. The SMILES string of the molecule is COc1ccccc1SCC(C)(C)CBr. The second-order valence-corrected chi connectivity index (χ2v) is 5.82. The molecule has 0 atom stereocenters. The molecule has 1 rings (SSSR count). The predicted octanol–water partition coefficient (Wildman–Crippen LogP) is 4.21. The fourth-order valence-corrected chi connectivity index (χ4v) is 2.63. The molecule has 0 N–H and O–H groups in total. The molecule has 0 bridgehead atoms. The van der Waals surface area contributed by atoms with Crippen molar-refractivity contribution in [2.24, 2.45) is 5.41 Å². The van der Waals surface area contributed by atoms with Gasteiger partial charge < -0.3 is 4.74 Å². The van der Waals surface area contributed by atoms with E-state index in [0.717, 1.165) is 16.8 Å². The first-order chi connectivity index (χ1) is 7.09. The summed E-state index contributed by atoms with van der Waals surface area (Å²) in [4.78, 5) is 1.22. The topological polar surface area (TPSA) is 9.23 Å². The number of rotatable bonds is 5. The van der Waals surface area contributed by atoms with Crippen LogP contribution in [0, 0.1) is 5.41 Å². The zero-order valence-electron chi connectivity index (χ0n) is 9.42. The third-order valence-corrected chi connectivity index (χ3v) is 5.14. The van der Waals surface area contributed by atoms with Crippen LogP contribution in [0.3, 0.4) is 0 Å². The van der Waals surface area contributed by atoms with Crippen LogP contribution in [-0.2, 0) is 0 Å². The first-order valence-corrected chi connectivity index (χ1v) is 7.01. The lowest BCUT2D eigenvalue weighted by atomic mass is 10.0. The Kier molecular flexibility index (Phi) is 5.00. The summed E-state index contributed by atoms with van der Waals surface area (Å²) in [6.07, 6.45) is 0. The lowest BCUT2D eigenvalue weighted by Crippen LogP contribution is -2.16. The van der Waals surface area contributed by atoms with Gasteiger partial charge in [-0.1, -0.05) is 41.9 Å². The van der Waals surface area contributed by atoms with Crippen molar-refractivity contribution < 1.29 is 4.74 Å². The quantitative estimate of drug-likeness (QED) is 0.593. The van der Waals surface area contributed by atoms with Gasteiger partial charge in [0.25, 0.3) is 0 Å². The minimum Gasteiger partial charge on any atom is -0.496 e. The van der Waals surface area contributed by atoms with Crippen LogP contribution in [0.1, 0.15) is 13.8 Å². The fourth-order valence-electron chi connectivity index (χ4n) is 1.05. The maximum absolute atomic E-state index is 5.31. The van der Waals surface area contributed by atoms with E-state index in [1.807, 2.05) is 30.0 Å². The van der Waals surface area contributed by atoms with Gasteiger partial charge in [0.05, 0.1) is 7.11 Å². The molecule has 0 radical (unpaired) electrons. The maximum Gasteiger partial charge on any atom is 0.132 e. The number of hydrogen-bond donors (Lipinski definition) is 0. The highest BCUT2D eigenvalue weighted by atomic mass is 79.9. The second kappa shape index (κ2) is 5.80. The molecule has 0 unspecified atom stereocenters. The number of methoxy groups -OCH3 is 1. The van der Waals surface area contributed by atoms with Gasteiger partial charge in [-0.05, 0) is 17.5 Å². The molecule has 84 valence electrons. The predicted molar refractivity (Wildman–Crippen MR) is 71.3 cm³/mol. The van der Waals surface area contributed by atoms with Gasteiger partial charge in [0.1, 0.15) is 5.75 Å². The molecule has 0 fully saturated rings. The van der Waals surface area contributed by atoms with Crippen molar-refractivity contribution in [3.05, 3.63) is 24.3 Å². The van der Waals surface area contributed by atoms with Crippen molar-refractivity contribution in [2.75, 3.05) is 18.2 Å². The highest BCUT2D eigenvalue weighted by Crippen LogP contribution is 2.34. The summed E-state index contributed by atoms with van der Waals surface area (Å²) in [5, 5.41) is 1.02. The maximum atomic E-state index is 5.31. The molecule has 0 aliphatic carbocycles. The van der Waals surface area contributed by atoms with Crippen LogP contribution in [0.25, 0.3) is 0 Å². The van der Waals surface area contributed by atoms with E-state index in [4.69, 9.17) is 4.74 Å². The van der Waals surface area contributed by atoms with Gasteiger partial charge in [0.2, 0.25) is 0 Å². The van der Waals surface area contributed by atoms with Gasteiger partial charge in [0, 0.05) is 16.0 Å². The third-order valence-electron chi connectivity index (χ3n) is 2.05. The Balaban J connectivity index is 2.65. The number of ether oxygens (including phenoxy) is 1. The average molecular weight is 289 g/mol. The summed E-state index contributed by atoms with van der Waals surface area (Å²) >= 11 is 5.38. The minimum absolute atomic E-state index is 0.311. The smallest absolute Gasteiger partial charge is 0.132 e. The summed E-state index contributed by atoms with van der Waals surface area (Å²) < 4.78 is 5.31. The van der Waals surface area contributed by atoms with E-state index in [1.165, 1.54) is 4.90 Å². The van der Waals surface area contributed by atoms with E-state index in [0.29, 0.717) is 5.41 Å². The van der Waals surface area contributed by atoms with Crippen molar-refractivity contribution in [2.45, 2.75) is 18.7 Å². The molecule has 15 heavy (non-hydrogen) atoms. The number of benzene rings is 1. The van der Waals surface area contributed by atoms with Crippen molar-refractivity contribution in [1.29, 1.82) is 0 Å². The normalized spacial score (nSPS) is 11.5. The van der Waals surface area contributed by atoms with Crippen molar-refractivity contribution >= 4 is 27.7 Å². The summed E-state index contributed by atoms with van der Waals surface area (Å²) in [6.45, 7) is 4.51. The molecule has 0 amide bonds. The van der Waals surface area contributed by atoms with Crippen LogP contribution in [0.5, 0.6) is 5.75 Å². The molecule has 0 heterocycles. The number of halogens is 1. The molecule has 0 aliphatic rings. The molecular formula is C12H17BrOS. The Morgan fingerprint density at radius 1 is 1.33 bits per heavy atom. The van der Waals surface area contributed by atoms with Crippen LogP contribution in [0.15, 0.2) is 29.2 Å². The third kappa shape index (κ3) is 4.07. The van der Waals surface area contributed by atoms with Gasteiger partial charge >= 0.3 is 0 Å². The number of hydrogen-bond acceptors (Lipinski definition) is 2. The molecule has 1 aromatic rings. The summed E-state index contributed by atoms with van der Waals surface area (Å²) in [7, 11) is 1.72. The van der Waals surface area contributed by atoms with E-state index in [2.05, 4.69) is 35.8 Å². The van der Waals surface area contributed by atoms with E-state index < -0.39 is 0 Å². The van der Waals surface area contributed by atoms with E-state index in [9.17, 15) is 0 Å². The van der Waals surface area contributed by atoms with Gasteiger partial charge in [-0.15, -0.1) is 11.8 Å². The Labute approximate surface area is 105 Å². The Bertz CT molecular complexity index is 312. The molecule has 1 aromatic carbocycles. The summed E-state index contributed by atoms with van der Waals surface area (Å²) in [6, 6.07) is 8.15. The number of para-hydroxylation sites is 1. The van der Waals surface area contributed by atoms with Gasteiger partial charge in [-0.25, -0.2) is 0 Å². The zero-order chi connectivity index (χ0) is 11.3. The molecule has 3 heteroatoms. The standard InChI is InChI=1S/C12H17BrOS/c1-12(2,8-13)9-15-11-7-5-4-6-10(11)14-3/h4-7H,8-9H2,1-3H3. The molecule has 0 saturated carbocycles. The van der Waals surface area contributed by atoms with Crippen LogP contribution < -0.4 is 4.74 Å². The molecule has 0 saturated heterocycles. The molecular weight excluding hydrogens is 272 g/mol. The zero-order valence-corrected chi connectivity index (χ0v) is 11.8. The fraction of sp³-hybridized carbons (Fsp3) is 0.500. The van der Waals surface area contributed by atoms with E-state index >= 15 is 0 Å². The minimum atomic E-state index is 0.311. The van der Waals surface area contributed by atoms with Gasteiger partial charge in [0.15, 0.2) is 0 Å². The summed E-state index contributed by atoms with van der Waals surface area (Å²) in [5.41, 5.74) is 0.311. The van der Waals surface area contributed by atoms with Crippen molar-refractivity contribution in [3.63, 3.8) is 0 Å². The second-order valence-electron chi connectivity index (χ2n) is 4.24. The molecule has 0 spiro atoms. The van der Waals surface area contributed by atoms with E-state index in [1.54, 1.807) is 7.11 Å². The Morgan fingerprint density at radius 3 is 2.60 bits per heavy atom. The molecule has 1 nitrogen and oxygen atoms in total. The van der Waals surface area contributed by atoms with Crippen molar-refractivity contribution in [3.8, 4) is 5.75 Å². The first kappa shape index (κ1) is 12.9. The Morgan fingerprint density at radius 2 is 2.00 bits per heavy atom. The molecule has 0 aromatic heterocycles. The summed E-state index contributed by atoms with van der Waals surface area (Å²) in [5.74, 6) is 2.05. The monoisotopic (exact) mass is 288 g/mol. The van der Waals surface area contributed by atoms with Gasteiger partial charge in [-0.3, -0.25) is 0 Å². The van der Waals surface area contributed by atoms with E-state index in [-0.39, 0.29) is 0 Å². The van der Waals surface area contributed by atoms with Crippen LogP contribution in [0.2, 0.25) is 0 Å². The van der Waals surface area contributed by atoms with Crippen LogP contribution >= 0.6 is 27.7 Å². The number of thioether (sulfide) groups is 1. The Hall–Kier alpha value is -0.150. The molecule has 0 aliphatic heterocycles.